The number of hydrogen-bond acceptors (Lipinski definition) is 7. The number of halogens is 2. The third-order valence-corrected chi connectivity index (χ3v) is 8.29. The Labute approximate surface area is 253 Å². The summed E-state index contributed by atoms with van der Waals surface area (Å²) in [5, 5.41) is 7.28. The first kappa shape index (κ1) is 29.4. The summed E-state index contributed by atoms with van der Waals surface area (Å²) in [5.74, 6) is 0.207. The molecule has 216 valence electrons. The van der Waals surface area contributed by atoms with E-state index in [0.717, 1.165) is 28.9 Å². The molecule has 4 aromatic rings. The maximum Gasteiger partial charge on any atom is 0.279 e. The number of methoxy groups -OCH3 is 1. The zero-order valence-corrected chi connectivity index (χ0v) is 25.1. The van der Waals surface area contributed by atoms with Crippen molar-refractivity contribution in [1.29, 1.82) is 0 Å². The van der Waals surface area contributed by atoms with Gasteiger partial charge < -0.3 is 10.1 Å². The number of ketones is 1. The molecule has 0 radical (unpaired) electrons. The molecule has 0 aliphatic carbocycles. The third-order valence-electron chi connectivity index (χ3n) is 7.48. The van der Waals surface area contributed by atoms with Crippen molar-refractivity contribution in [1.82, 2.24) is 19.7 Å². The topological polar surface area (TPSA) is 106 Å². The Morgan fingerprint density at radius 2 is 1.71 bits per heavy atom. The van der Waals surface area contributed by atoms with Crippen LogP contribution < -0.4 is 15.6 Å². The molecule has 1 N–H and O–H groups in total. The first-order valence-corrected chi connectivity index (χ1v) is 14.0. The Morgan fingerprint density at radius 1 is 1.05 bits per heavy atom. The van der Waals surface area contributed by atoms with E-state index in [9.17, 15) is 14.4 Å². The lowest BCUT2D eigenvalue weighted by molar-refractivity contribution is -0.126. The maximum absolute atomic E-state index is 12.9. The molecule has 1 fully saturated rings. The number of Topliss-reactive ketones (excluding diaryl/α,β-unsaturated/α-hetero) is 1. The number of benzene rings is 2. The molecule has 1 aliphatic heterocycles. The molecular weight excluding hydrogens is 577 g/mol. The van der Waals surface area contributed by atoms with Crippen LogP contribution in [-0.2, 0) is 18.4 Å². The van der Waals surface area contributed by atoms with Crippen LogP contribution in [0.5, 0.6) is 5.88 Å². The van der Waals surface area contributed by atoms with Crippen LogP contribution in [-0.4, -0.2) is 51.6 Å². The van der Waals surface area contributed by atoms with Crippen LogP contribution in [0, 0.1) is 12.8 Å². The fourth-order valence-electron chi connectivity index (χ4n) is 4.99. The lowest BCUT2D eigenvalue weighted by Crippen LogP contribution is -2.49. The highest BCUT2D eigenvalue weighted by Crippen LogP contribution is 2.42. The van der Waals surface area contributed by atoms with Crippen molar-refractivity contribution in [3.8, 4) is 28.3 Å². The second kappa shape index (κ2) is 12.1. The number of amides is 1. The van der Waals surface area contributed by atoms with Gasteiger partial charge in [0.25, 0.3) is 11.5 Å². The predicted octanol–water partition coefficient (Wildman–Crippen LogP) is 5.41. The summed E-state index contributed by atoms with van der Waals surface area (Å²) in [6, 6.07) is 14.1. The quantitative estimate of drug-likeness (QED) is 0.286. The van der Waals surface area contributed by atoms with Crippen LogP contribution in [0.1, 0.15) is 28.4 Å². The molecule has 42 heavy (non-hydrogen) atoms. The zero-order chi connectivity index (χ0) is 30.1. The normalized spacial score (nSPS) is 13.5. The van der Waals surface area contributed by atoms with Gasteiger partial charge in [0.05, 0.1) is 28.5 Å². The Kier molecular flexibility index (Phi) is 8.45. The van der Waals surface area contributed by atoms with Crippen LogP contribution in [0.15, 0.2) is 59.5 Å². The van der Waals surface area contributed by atoms with Crippen molar-refractivity contribution < 1.29 is 14.3 Å². The minimum atomic E-state index is -0.598. The van der Waals surface area contributed by atoms with Crippen LogP contribution >= 0.6 is 23.2 Å². The minimum Gasteiger partial charge on any atom is -0.481 e. The highest BCUT2D eigenvalue weighted by Gasteiger charge is 2.31. The van der Waals surface area contributed by atoms with Crippen molar-refractivity contribution in [3.63, 3.8) is 0 Å². The lowest BCUT2D eigenvalue weighted by atomic mass is 9.94. The number of aromatic nitrogens is 3. The average molecular weight is 607 g/mol. The van der Waals surface area contributed by atoms with E-state index in [1.165, 1.54) is 19.3 Å². The molecule has 9 nitrogen and oxygen atoms in total. The standard InChI is InChI=1S/C31H29Cl2N5O4/c1-17-13-26(36-30(42-4)24(17)16-38-14-19(15-38)18(2)39)22-9-5-7-20(27(22)32)21-8-6-10-25(28(21)33)35-29(40)23-11-12-34-37(3)31(23)41/h5-13,19H,14-16H2,1-4H3,(H,35,40). The van der Waals surface area contributed by atoms with Gasteiger partial charge in [-0.25, -0.2) is 9.67 Å². The number of carbonyl (C=O) groups is 2. The number of anilines is 1. The van der Waals surface area contributed by atoms with Crippen molar-refractivity contribution in [2.24, 2.45) is 13.0 Å². The maximum atomic E-state index is 12.9. The molecule has 5 rings (SSSR count). The molecule has 3 heterocycles. The first-order chi connectivity index (χ1) is 20.1. The second-order valence-electron chi connectivity index (χ2n) is 10.3. The van der Waals surface area contributed by atoms with Gasteiger partial charge in [-0.15, -0.1) is 0 Å². The highest BCUT2D eigenvalue weighted by molar-refractivity contribution is 6.39. The van der Waals surface area contributed by atoms with Crippen molar-refractivity contribution in [3.05, 3.63) is 91.8 Å². The lowest BCUT2D eigenvalue weighted by Gasteiger charge is -2.38. The van der Waals surface area contributed by atoms with E-state index < -0.39 is 11.5 Å². The summed E-state index contributed by atoms with van der Waals surface area (Å²) in [6.45, 7) is 5.73. The summed E-state index contributed by atoms with van der Waals surface area (Å²) in [4.78, 5) is 43.8. The van der Waals surface area contributed by atoms with Gasteiger partial charge in [0.2, 0.25) is 5.88 Å². The molecule has 1 aliphatic rings. The molecule has 11 heteroatoms. The van der Waals surface area contributed by atoms with Gasteiger partial charge in [0, 0.05) is 61.1 Å². The van der Waals surface area contributed by atoms with Crippen LogP contribution in [0.3, 0.4) is 0 Å². The van der Waals surface area contributed by atoms with E-state index in [4.69, 9.17) is 32.9 Å². The van der Waals surface area contributed by atoms with E-state index in [0.29, 0.717) is 45.5 Å². The number of ether oxygens (including phenoxy) is 1. The highest BCUT2D eigenvalue weighted by atomic mass is 35.5. The van der Waals surface area contributed by atoms with Gasteiger partial charge in [-0.3, -0.25) is 19.3 Å². The smallest absolute Gasteiger partial charge is 0.279 e. The number of hydrogen-bond donors (Lipinski definition) is 1. The fourth-order valence-corrected chi connectivity index (χ4v) is 5.59. The molecule has 2 aromatic heterocycles. The van der Waals surface area contributed by atoms with E-state index in [1.807, 2.05) is 31.2 Å². The molecule has 0 unspecified atom stereocenters. The predicted molar refractivity (Wildman–Crippen MR) is 163 cm³/mol. The largest absolute Gasteiger partial charge is 0.481 e. The number of nitrogens with one attached hydrogen (secondary N) is 1. The number of likely N-dealkylation sites (tertiary alicyclic amines) is 1. The minimum absolute atomic E-state index is 0.0550. The molecule has 0 saturated carbocycles. The molecule has 1 saturated heterocycles. The third kappa shape index (κ3) is 5.68. The number of nitrogens with zero attached hydrogens (tertiary/aromatic N) is 4. The van der Waals surface area contributed by atoms with Gasteiger partial charge >= 0.3 is 0 Å². The number of aryl methyl sites for hydroxylation is 2. The second-order valence-corrected chi connectivity index (χ2v) is 11.0. The summed E-state index contributed by atoms with van der Waals surface area (Å²) in [6.07, 6.45) is 1.38. The van der Waals surface area contributed by atoms with E-state index in [1.54, 1.807) is 32.2 Å². The van der Waals surface area contributed by atoms with E-state index in [2.05, 4.69) is 15.3 Å². The van der Waals surface area contributed by atoms with Gasteiger partial charge in [-0.2, -0.15) is 5.10 Å². The SMILES string of the molecule is COc1nc(-c2cccc(-c3cccc(NC(=O)c4ccnn(C)c4=O)c3Cl)c2Cl)cc(C)c1CN1CC(C(C)=O)C1. The Bertz CT molecular complexity index is 1770. The fraction of sp³-hybridized carbons (Fsp3) is 0.258. The van der Waals surface area contributed by atoms with Gasteiger partial charge in [-0.1, -0.05) is 53.5 Å². The van der Waals surface area contributed by atoms with Crippen LogP contribution in [0.4, 0.5) is 5.69 Å². The molecular formula is C31H29Cl2N5O4. The summed E-state index contributed by atoms with van der Waals surface area (Å²) in [7, 11) is 3.06. The van der Waals surface area contributed by atoms with E-state index >= 15 is 0 Å². The van der Waals surface area contributed by atoms with Gasteiger partial charge in [-0.05, 0) is 37.6 Å². The van der Waals surface area contributed by atoms with Crippen molar-refractivity contribution in [2.75, 3.05) is 25.5 Å². The van der Waals surface area contributed by atoms with Crippen LogP contribution in [0.25, 0.3) is 22.4 Å². The molecule has 0 bridgehead atoms. The average Bonchev–Trinajstić information content (AvgIpc) is 2.93. The molecule has 0 spiro atoms. The zero-order valence-electron chi connectivity index (χ0n) is 23.6. The monoisotopic (exact) mass is 605 g/mol. The number of rotatable bonds is 8. The molecule has 0 atom stereocenters. The van der Waals surface area contributed by atoms with Crippen LogP contribution in [0.2, 0.25) is 10.0 Å². The Hall–Kier alpha value is -4.05. The summed E-state index contributed by atoms with van der Waals surface area (Å²) < 4.78 is 6.76. The van der Waals surface area contributed by atoms with Gasteiger partial charge in [0.15, 0.2) is 0 Å². The summed E-state index contributed by atoms with van der Waals surface area (Å²) in [5.41, 5.74) is 4.29. The molecule has 2 aromatic carbocycles. The Balaban J connectivity index is 1.45. The van der Waals surface area contributed by atoms with Gasteiger partial charge in [0.1, 0.15) is 11.3 Å². The van der Waals surface area contributed by atoms with Crippen molar-refractivity contribution >= 4 is 40.6 Å². The molecule has 1 amide bonds. The summed E-state index contributed by atoms with van der Waals surface area (Å²) >= 11 is 13.8. The van der Waals surface area contributed by atoms with E-state index in [-0.39, 0.29) is 22.3 Å². The number of pyridine rings is 1. The first-order valence-electron chi connectivity index (χ1n) is 13.3. The number of carbonyl (C=O) groups excluding carboxylic acids is 2. The van der Waals surface area contributed by atoms with Crippen molar-refractivity contribution in [2.45, 2.75) is 20.4 Å². The Morgan fingerprint density at radius 3 is 2.40 bits per heavy atom.